The van der Waals surface area contributed by atoms with Gasteiger partial charge in [0.25, 0.3) is 0 Å². The van der Waals surface area contributed by atoms with Gasteiger partial charge in [0, 0.05) is 25.9 Å². The Morgan fingerprint density at radius 3 is 2.94 bits per heavy atom. The first-order chi connectivity index (χ1) is 7.63. The van der Waals surface area contributed by atoms with Gasteiger partial charge in [0.05, 0.1) is 18.0 Å². The van der Waals surface area contributed by atoms with Crippen molar-refractivity contribution in [2.24, 2.45) is 7.05 Å². The molecule has 0 aromatic carbocycles. The maximum atomic E-state index is 4.33. The lowest BCUT2D eigenvalue weighted by atomic mass is 10.3. The lowest BCUT2D eigenvalue weighted by molar-refractivity contribution is 0.946. The van der Waals surface area contributed by atoms with Crippen molar-refractivity contribution < 1.29 is 0 Å². The fourth-order valence-corrected chi connectivity index (χ4v) is 1.49. The standard InChI is InChI=1S/C12H14N4/c1-5-9(2)16(4)12-6-11-10(7-13-12)14-8-15(11)3/h5-8H,1-2H2,3-4H3. The number of allylic oxidation sites excluding steroid dienone is 1. The lowest BCUT2D eigenvalue weighted by Gasteiger charge is -2.17. The van der Waals surface area contributed by atoms with E-state index in [0.29, 0.717) is 0 Å². The molecule has 0 N–H and O–H groups in total. The molecule has 82 valence electrons. The average molecular weight is 214 g/mol. The topological polar surface area (TPSA) is 34.0 Å². The Hall–Kier alpha value is -2.10. The first-order valence-corrected chi connectivity index (χ1v) is 4.95. The van der Waals surface area contributed by atoms with Gasteiger partial charge in [0.15, 0.2) is 0 Å². The van der Waals surface area contributed by atoms with Gasteiger partial charge in [-0.05, 0) is 6.08 Å². The van der Waals surface area contributed by atoms with Crippen molar-refractivity contribution in [3.63, 3.8) is 0 Å². The summed E-state index contributed by atoms with van der Waals surface area (Å²) in [5.41, 5.74) is 2.76. The Labute approximate surface area is 94.5 Å². The molecule has 0 fully saturated rings. The minimum Gasteiger partial charge on any atom is -0.334 e. The highest BCUT2D eigenvalue weighted by Crippen LogP contribution is 2.19. The summed E-state index contributed by atoms with van der Waals surface area (Å²) in [5, 5.41) is 0. The summed E-state index contributed by atoms with van der Waals surface area (Å²) in [4.78, 5) is 10.4. The molecule has 0 aliphatic rings. The smallest absolute Gasteiger partial charge is 0.134 e. The third-order valence-corrected chi connectivity index (χ3v) is 2.61. The van der Waals surface area contributed by atoms with E-state index in [1.165, 1.54) is 0 Å². The van der Waals surface area contributed by atoms with Crippen LogP contribution in [0.2, 0.25) is 0 Å². The molecule has 2 heterocycles. The number of anilines is 1. The second-order valence-corrected chi connectivity index (χ2v) is 3.64. The normalized spacial score (nSPS) is 10.4. The molecule has 0 aliphatic heterocycles. The fraction of sp³-hybridized carbons (Fsp3) is 0.167. The van der Waals surface area contributed by atoms with E-state index in [1.54, 1.807) is 18.6 Å². The van der Waals surface area contributed by atoms with E-state index < -0.39 is 0 Å². The maximum Gasteiger partial charge on any atom is 0.134 e. The Morgan fingerprint density at radius 2 is 2.25 bits per heavy atom. The molecule has 0 saturated heterocycles. The number of fused-ring (bicyclic) bond motifs is 1. The number of nitrogens with zero attached hydrogens (tertiary/aromatic N) is 4. The van der Waals surface area contributed by atoms with Crippen LogP contribution in [-0.4, -0.2) is 21.6 Å². The molecule has 0 aliphatic carbocycles. The van der Waals surface area contributed by atoms with E-state index in [4.69, 9.17) is 0 Å². The van der Waals surface area contributed by atoms with E-state index in [2.05, 4.69) is 23.1 Å². The summed E-state index contributed by atoms with van der Waals surface area (Å²) in [6.45, 7) is 7.58. The van der Waals surface area contributed by atoms with Gasteiger partial charge in [-0.1, -0.05) is 13.2 Å². The Kier molecular flexibility index (Phi) is 2.48. The van der Waals surface area contributed by atoms with Crippen LogP contribution in [-0.2, 0) is 7.05 Å². The largest absolute Gasteiger partial charge is 0.334 e. The highest BCUT2D eigenvalue weighted by molar-refractivity contribution is 5.77. The predicted octanol–water partition coefficient (Wildman–Crippen LogP) is 2.10. The number of hydrogen-bond acceptors (Lipinski definition) is 3. The van der Waals surface area contributed by atoms with Crippen LogP contribution in [0.3, 0.4) is 0 Å². The SMILES string of the molecule is C=CC(=C)N(C)c1cc2c(cn1)ncn2C. The predicted molar refractivity (Wildman–Crippen MR) is 66.2 cm³/mol. The minimum absolute atomic E-state index is 0.814. The number of likely N-dealkylation sites (N-methyl/N-ethyl adjacent to an activating group) is 1. The summed E-state index contributed by atoms with van der Waals surface area (Å²) in [5.74, 6) is 0.834. The fourth-order valence-electron chi connectivity index (χ4n) is 1.49. The first-order valence-electron chi connectivity index (χ1n) is 4.95. The highest BCUT2D eigenvalue weighted by Gasteiger charge is 2.07. The van der Waals surface area contributed by atoms with E-state index in [1.807, 2.05) is 29.6 Å². The number of hydrogen-bond donors (Lipinski definition) is 0. The molecular formula is C12H14N4. The Balaban J connectivity index is 2.49. The number of rotatable bonds is 3. The molecule has 0 amide bonds. The second-order valence-electron chi connectivity index (χ2n) is 3.64. The van der Waals surface area contributed by atoms with Crippen LogP contribution in [0.25, 0.3) is 11.0 Å². The summed E-state index contributed by atoms with van der Waals surface area (Å²) in [6.07, 6.45) is 5.24. The van der Waals surface area contributed by atoms with Gasteiger partial charge in [-0.3, -0.25) is 0 Å². The number of imidazole rings is 1. The Morgan fingerprint density at radius 1 is 1.50 bits per heavy atom. The molecule has 16 heavy (non-hydrogen) atoms. The quantitative estimate of drug-likeness (QED) is 0.734. The van der Waals surface area contributed by atoms with Gasteiger partial charge in [-0.15, -0.1) is 0 Å². The van der Waals surface area contributed by atoms with Gasteiger partial charge < -0.3 is 9.47 Å². The van der Waals surface area contributed by atoms with E-state index in [-0.39, 0.29) is 0 Å². The van der Waals surface area contributed by atoms with Crippen LogP contribution in [0.4, 0.5) is 5.82 Å². The van der Waals surface area contributed by atoms with Crippen molar-refractivity contribution in [2.75, 3.05) is 11.9 Å². The van der Waals surface area contributed by atoms with Crippen LogP contribution in [0.15, 0.2) is 43.5 Å². The molecule has 0 bridgehead atoms. The van der Waals surface area contributed by atoms with Crippen LogP contribution in [0.1, 0.15) is 0 Å². The van der Waals surface area contributed by atoms with Crippen LogP contribution >= 0.6 is 0 Å². The minimum atomic E-state index is 0.814. The average Bonchev–Trinajstić information content (AvgIpc) is 2.68. The molecular weight excluding hydrogens is 200 g/mol. The van der Waals surface area contributed by atoms with Crippen LogP contribution in [0, 0.1) is 0 Å². The zero-order valence-corrected chi connectivity index (χ0v) is 9.51. The molecule has 0 radical (unpaired) electrons. The summed E-state index contributed by atoms with van der Waals surface area (Å²) >= 11 is 0. The van der Waals surface area contributed by atoms with Crippen LogP contribution in [0.5, 0.6) is 0 Å². The molecule has 4 heteroatoms. The van der Waals surface area contributed by atoms with Crippen molar-refractivity contribution >= 4 is 16.9 Å². The van der Waals surface area contributed by atoms with Crippen molar-refractivity contribution in [1.82, 2.24) is 14.5 Å². The zero-order chi connectivity index (χ0) is 11.7. The van der Waals surface area contributed by atoms with Crippen molar-refractivity contribution in [1.29, 1.82) is 0 Å². The van der Waals surface area contributed by atoms with Crippen molar-refractivity contribution in [2.45, 2.75) is 0 Å². The van der Waals surface area contributed by atoms with Gasteiger partial charge in [0.1, 0.15) is 11.3 Å². The molecule has 0 atom stereocenters. The molecule has 0 unspecified atom stereocenters. The molecule has 4 nitrogen and oxygen atoms in total. The van der Waals surface area contributed by atoms with E-state index in [0.717, 1.165) is 22.5 Å². The van der Waals surface area contributed by atoms with Gasteiger partial charge in [-0.25, -0.2) is 9.97 Å². The van der Waals surface area contributed by atoms with Crippen molar-refractivity contribution in [3.8, 4) is 0 Å². The third kappa shape index (κ3) is 1.58. The lowest BCUT2D eigenvalue weighted by Crippen LogP contribution is -2.15. The number of aryl methyl sites for hydroxylation is 1. The molecule has 0 saturated carbocycles. The van der Waals surface area contributed by atoms with Gasteiger partial charge in [-0.2, -0.15) is 0 Å². The van der Waals surface area contributed by atoms with Crippen LogP contribution < -0.4 is 4.90 Å². The molecule has 0 spiro atoms. The number of aromatic nitrogens is 3. The summed E-state index contributed by atoms with van der Waals surface area (Å²) in [6, 6.07) is 1.98. The van der Waals surface area contributed by atoms with Gasteiger partial charge >= 0.3 is 0 Å². The monoisotopic (exact) mass is 214 g/mol. The second kappa shape index (κ2) is 3.81. The maximum absolute atomic E-state index is 4.33. The Bertz CT molecular complexity index is 553. The third-order valence-electron chi connectivity index (χ3n) is 2.61. The van der Waals surface area contributed by atoms with E-state index >= 15 is 0 Å². The first kappa shape index (κ1) is 10.4. The molecule has 2 aromatic rings. The summed E-state index contributed by atoms with van der Waals surface area (Å²) in [7, 11) is 3.87. The highest BCUT2D eigenvalue weighted by atomic mass is 15.2. The molecule has 2 aromatic heterocycles. The zero-order valence-electron chi connectivity index (χ0n) is 9.51. The number of pyridine rings is 1. The van der Waals surface area contributed by atoms with E-state index in [9.17, 15) is 0 Å². The van der Waals surface area contributed by atoms with Gasteiger partial charge in [0.2, 0.25) is 0 Å². The summed E-state index contributed by atoms with van der Waals surface area (Å²) < 4.78 is 1.96. The van der Waals surface area contributed by atoms with Crippen molar-refractivity contribution in [3.05, 3.63) is 43.5 Å². The molecule has 2 rings (SSSR count).